The maximum atomic E-state index is 6.82. The zero-order valence-electron chi connectivity index (χ0n) is 29.5. The topological polar surface area (TPSA) is 48.8 Å². The van der Waals surface area contributed by atoms with Crippen LogP contribution in [0.25, 0.3) is 110 Å². The molecule has 0 saturated carbocycles. The summed E-state index contributed by atoms with van der Waals surface area (Å²) >= 11 is 0. The summed E-state index contributed by atoms with van der Waals surface area (Å²) in [5.41, 5.74) is 12.4. The number of rotatable bonds is 4. The lowest BCUT2D eigenvalue weighted by Crippen LogP contribution is -1.99. The summed E-state index contributed by atoms with van der Waals surface area (Å²) in [6.07, 6.45) is 1.92. The van der Waals surface area contributed by atoms with Crippen LogP contribution < -0.4 is 0 Å². The van der Waals surface area contributed by atoms with Crippen molar-refractivity contribution < 1.29 is 4.42 Å². The summed E-state index contributed by atoms with van der Waals surface area (Å²) in [6.45, 7) is 0. The van der Waals surface area contributed by atoms with Crippen LogP contribution in [-0.4, -0.2) is 19.1 Å². The van der Waals surface area contributed by atoms with Gasteiger partial charge in [-0.25, -0.2) is 9.97 Å². The number of hydrogen-bond donors (Lipinski definition) is 0. The number of hydrogen-bond acceptors (Lipinski definition) is 3. The largest absolute Gasteiger partial charge is 0.455 e. The van der Waals surface area contributed by atoms with Crippen LogP contribution >= 0.6 is 0 Å². The Hall–Kier alpha value is -7.50. The van der Waals surface area contributed by atoms with Crippen molar-refractivity contribution in [2.24, 2.45) is 0 Å². The summed E-state index contributed by atoms with van der Waals surface area (Å²) in [7, 11) is 0. The molecule has 12 aromatic rings. The number of pyridine rings is 2. The molecule has 0 aliphatic rings. The highest BCUT2D eigenvalue weighted by atomic mass is 16.3. The molecule has 0 N–H and O–H groups in total. The van der Waals surface area contributed by atoms with E-state index < -0.39 is 0 Å². The Morgan fingerprint density at radius 3 is 1.82 bits per heavy atom. The van der Waals surface area contributed by atoms with E-state index in [4.69, 9.17) is 14.4 Å². The van der Waals surface area contributed by atoms with Crippen LogP contribution in [0.2, 0.25) is 0 Å². The second-order valence-corrected chi connectivity index (χ2v) is 14.2. The number of nitrogens with zero attached hydrogens (tertiary/aromatic N) is 4. The molecule has 12 rings (SSSR count). The van der Waals surface area contributed by atoms with Gasteiger partial charge in [0, 0.05) is 55.0 Å². The molecule has 0 radical (unpaired) electrons. The van der Waals surface area contributed by atoms with Crippen molar-refractivity contribution in [2.45, 2.75) is 0 Å². The Balaban J connectivity index is 1.11. The van der Waals surface area contributed by atoms with E-state index in [1.54, 1.807) is 0 Å². The third-order valence-electron chi connectivity index (χ3n) is 11.2. The van der Waals surface area contributed by atoms with E-state index in [0.717, 1.165) is 93.9 Å². The van der Waals surface area contributed by atoms with Crippen LogP contribution in [0.5, 0.6) is 0 Å². The van der Waals surface area contributed by atoms with Gasteiger partial charge in [0.1, 0.15) is 17.0 Å². The fourth-order valence-corrected chi connectivity index (χ4v) is 8.71. The molecule has 0 saturated heterocycles. The lowest BCUT2D eigenvalue weighted by Gasteiger charge is -2.15. The molecule has 5 heterocycles. The molecular weight excluding hydrogens is 673 g/mol. The van der Waals surface area contributed by atoms with Crippen LogP contribution in [0.4, 0.5) is 0 Å². The maximum Gasteiger partial charge on any atom is 0.161 e. The standard InChI is InChI=1S/C50H30N4O/c1-2-12-31(13-3-1)34-28-33-23-27-47(52-50(33)51-30-34)54-43-20-10-6-16-37(43)40-29-32(22-25-44(40)54)48-45(26-24-39-38-17-7-11-21-46(38)55-49(39)48)53-41-18-8-4-14-35(41)36-15-5-9-19-42(36)53/h1-30H. The van der Waals surface area contributed by atoms with E-state index in [2.05, 4.69) is 173 Å². The summed E-state index contributed by atoms with van der Waals surface area (Å²) in [5.74, 6) is 0.830. The first-order chi connectivity index (χ1) is 27.3. The minimum Gasteiger partial charge on any atom is -0.455 e. The number of benzene rings is 7. The molecule has 0 spiro atoms. The van der Waals surface area contributed by atoms with E-state index in [1.807, 2.05) is 18.3 Å². The second kappa shape index (κ2) is 11.5. The summed E-state index contributed by atoms with van der Waals surface area (Å²) < 4.78 is 11.5. The van der Waals surface area contributed by atoms with Gasteiger partial charge in [-0.3, -0.25) is 4.57 Å². The molecule has 0 fully saturated rings. The first kappa shape index (κ1) is 30.0. The van der Waals surface area contributed by atoms with Crippen molar-refractivity contribution in [2.75, 3.05) is 0 Å². The van der Waals surface area contributed by atoms with Crippen LogP contribution in [0, 0.1) is 0 Å². The molecule has 0 aliphatic heterocycles. The highest BCUT2D eigenvalue weighted by Crippen LogP contribution is 2.44. The molecule has 256 valence electrons. The average molecular weight is 703 g/mol. The molecular formula is C50H30N4O. The first-order valence-corrected chi connectivity index (χ1v) is 18.6. The predicted octanol–water partition coefficient (Wildman–Crippen LogP) is 13.1. The van der Waals surface area contributed by atoms with Gasteiger partial charge in [-0.05, 0) is 77.9 Å². The molecule has 5 heteroatoms. The van der Waals surface area contributed by atoms with Gasteiger partial charge in [-0.15, -0.1) is 0 Å². The quantitative estimate of drug-likeness (QED) is 0.183. The Kier molecular flexibility index (Phi) is 6.27. The van der Waals surface area contributed by atoms with E-state index in [1.165, 1.54) is 10.8 Å². The van der Waals surface area contributed by atoms with Crippen molar-refractivity contribution in [3.8, 4) is 33.8 Å². The number of para-hydroxylation sites is 4. The van der Waals surface area contributed by atoms with Crippen molar-refractivity contribution in [3.05, 3.63) is 182 Å². The zero-order chi connectivity index (χ0) is 36.0. The van der Waals surface area contributed by atoms with Gasteiger partial charge in [-0.1, -0.05) is 109 Å². The number of furan rings is 1. The summed E-state index contributed by atoms with van der Waals surface area (Å²) in [4.78, 5) is 9.97. The molecule has 0 unspecified atom stereocenters. The second-order valence-electron chi connectivity index (χ2n) is 14.2. The minimum atomic E-state index is 0.715. The highest BCUT2D eigenvalue weighted by molar-refractivity contribution is 6.16. The van der Waals surface area contributed by atoms with Crippen LogP contribution in [0.1, 0.15) is 0 Å². The van der Waals surface area contributed by atoms with Gasteiger partial charge >= 0.3 is 0 Å². The Labute approximate surface area is 315 Å². The van der Waals surface area contributed by atoms with Crippen molar-refractivity contribution in [1.82, 2.24) is 19.1 Å². The fraction of sp³-hybridized carbons (Fsp3) is 0. The van der Waals surface area contributed by atoms with Gasteiger partial charge < -0.3 is 8.98 Å². The van der Waals surface area contributed by atoms with Gasteiger partial charge in [-0.2, -0.15) is 0 Å². The third kappa shape index (κ3) is 4.41. The molecule has 0 amide bonds. The maximum absolute atomic E-state index is 6.82. The summed E-state index contributed by atoms with van der Waals surface area (Å²) in [6, 6.07) is 62.3. The van der Waals surface area contributed by atoms with Crippen molar-refractivity contribution in [1.29, 1.82) is 0 Å². The van der Waals surface area contributed by atoms with Crippen LogP contribution in [0.3, 0.4) is 0 Å². The van der Waals surface area contributed by atoms with Crippen LogP contribution in [-0.2, 0) is 0 Å². The fourth-order valence-electron chi connectivity index (χ4n) is 8.71. The SMILES string of the molecule is c1ccc(-c2cnc3nc(-n4c5ccccc5c5cc(-c6c(-n7c8ccccc8c8ccccc87)ccc7c6oc6ccccc67)ccc54)ccc3c2)cc1. The zero-order valence-corrected chi connectivity index (χ0v) is 29.5. The Morgan fingerprint density at radius 2 is 1.05 bits per heavy atom. The molecule has 55 heavy (non-hydrogen) atoms. The average Bonchev–Trinajstić information content (AvgIpc) is 3.91. The molecule has 5 nitrogen and oxygen atoms in total. The monoisotopic (exact) mass is 702 g/mol. The minimum absolute atomic E-state index is 0.715. The molecule has 0 bridgehead atoms. The van der Waals surface area contributed by atoms with E-state index in [-0.39, 0.29) is 0 Å². The van der Waals surface area contributed by atoms with Gasteiger partial charge in [0.05, 0.1) is 27.8 Å². The molecule has 5 aromatic heterocycles. The Bertz CT molecular complexity index is 3440. The lowest BCUT2D eigenvalue weighted by atomic mass is 9.98. The van der Waals surface area contributed by atoms with E-state index >= 15 is 0 Å². The Morgan fingerprint density at radius 1 is 0.418 bits per heavy atom. The lowest BCUT2D eigenvalue weighted by molar-refractivity contribution is 0.670. The van der Waals surface area contributed by atoms with Gasteiger partial charge in [0.25, 0.3) is 0 Å². The van der Waals surface area contributed by atoms with E-state index in [0.29, 0.717) is 5.65 Å². The summed E-state index contributed by atoms with van der Waals surface area (Å²) in [5, 5.41) is 7.96. The normalized spacial score (nSPS) is 12.0. The van der Waals surface area contributed by atoms with E-state index in [9.17, 15) is 0 Å². The molecule has 7 aromatic carbocycles. The molecule has 0 atom stereocenters. The van der Waals surface area contributed by atoms with Crippen molar-refractivity contribution in [3.63, 3.8) is 0 Å². The smallest absolute Gasteiger partial charge is 0.161 e. The van der Waals surface area contributed by atoms with Crippen LogP contribution in [0.15, 0.2) is 187 Å². The third-order valence-corrected chi connectivity index (χ3v) is 11.2. The van der Waals surface area contributed by atoms with Gasteiger partial charge in [0.15, 0.2) is 5.65 Å². The highest BCUT2D eigenvalue weighted by Gasteiger charge is 2.22. The number of aromatic nitrogens is 4. The van der Waals surface area contributed by atoms with Crippen molar-refractivity contribution >= 4 is 76.6 Å². The first-order valence-electron chi connectivity index (χ1n) is 18.6. The predicted molar refractivity (Wildman–Crippen MR) is 226 cm³/mol. The number of fused-ring (bicyclic) bond motifs is 10. The molecule has 0 aliphatic carbocycles. The van der Waals surface area contributed by atoms with Gasteiger partial charge in [0.2, 0.25) is 0 Å².